The van der Waals surface area contributed by atoms with Crippen molar-refractivity contribution in [1.29, 1.82) is 0 Å². The molecule has 0 aliphatic heterocycles. The summed E-state index contributed by atoms with van der Waals surface area (Å²) in [6.45, 7) is 5.68. The highest BCUT2D eigenvalue weighted by atomic mass is 32.2. The summed E-state index contributed by atoms with van der Waals surface area (Å²) in [7, 11) is -3.42. The van der Waals surface area contributed by atoms with Gasteiger partial charge < -0.3 is 10.3 Å². The molecule has 3 N–H and O–H groups in total. The molecule has 5 nitrogen and oxygen atoms in total. The number of H-pyrrole nitrogens is 1. The van der Waals surface area contributed by atoms with Crippen LogP contribution >= 0.6 is 0 Å². The lowest BCUT2D eigenvalue weighted by molar-refractivity contribution is 0.424. The lowest BCUT2D eigenvalue weighted by atomic mass is 10.0. The fraction of sp³-hybridized carbons (Fsp3) is 0.733. The lowest BCUT2D eigenvalue weighted by Crippen LogP contribution is -2.37. The molecule has 0 bridgehead atoms. The minimum atomic E-state index is -3.42. The Morgan fingerprint density at radius 3 is 2.76 bits per heavy atom. The second kappa shape index (κ2) is 7.42. The third-order valence-electron chi connectivity index (χ3n) is 4.22. The molecule has 1 aromatic heterocycles. The Hall–Kier alpha value is -0.850. The van der Waals surface area contributed by atoms with Gasteiger partial charge in [-0.3, -0.25) is 0 Å². The van der Waals surface area contributed by atoms with Crippen molar-refractivity contribution in [3.05, 3.63) is 18.0 Å². The van der Waals surface area contributed by atoms with Gasteiger partial charge in [-0.25, -0.2) is 13.1 Å². The Labute approximate surface area is 128 Å². The molecule has 1 atom stereocenters. The van der Waals surface area contributed by atoms with E-state index in [0.717, 1.165) is 31.5 Å². The van der Waals surface area contributed by atoms with E-state index in [1.807, 2.05) is 6.92 Å². The first-order valence-corrected chi connectivity index (χ1v) is 9.41. The molecule has 0 amide bonds. The van der Waals surface area contributed by atoms with Crippen molar-refractivity contribution in [3.8, 4) is 0 Å². The Bertz CT molecular complexity index is 533. The average Bonchev–Trinajstić information content (AvgIpc) is 3.10. The first kappa shape index (κ1) is 16.5. The maximum absolute atomic E-state index is 12.4. The van der Waals surface area contributed by atoms with Gasteiger partial charge in [0.1, 0.15) is 0 Å². The Kier molecular flexibility index (Phi) is 5.84. The zero-order chi connectivity index (χ0) is 15.3. The first-order chi connectivity index (χ1) is 10.0. The predicted molar refractivity (Wildman–Crippen MR) is 84.5 cm³/mol. The van der Waals surface area contributed by atoms with Gasteiger partial charge in [-0.05, 0) is 44.7 Å². The Morgan fingerprint density at radius 1 is 1.38 bits per heavy atom. The van der Waals surface area contributed by atoms with Crippen LogP contribution in [0.4, 0.5) is 0 Å². The molecule has 0 aromatic carbocycles. The lowest BCUT2D eigenvalue weighted by Gasteiger charge is -2.19. The van der Waals surface area contributed by atoms with Gasteiger partial charge in [-0.2, -0.15) is 0 Å². The summed E-state index contributed by atoms with van der Waals surface area (Å²) < 4.78 is 27.6. The van der Waals surface area contributed by atoms with Crippen molar-refractivity contribution >= 4 is 10.0 Å². The van der Waals surface area contributed by atoms with Gasteiger partial charge in [0.15, 0.2) is 0 Å². The average molecular weight is 313 g/mol. The molecule has 0 saturated heterocycles. The molecule has 1 aromatic rings. The largest absolute Gasteiger partial charge is 0.363 e. The van der Waals surface area contributed by atoms with E-state index in [4.69, 9.17) is 0 Å². The topological polar surface area (TPSA) is 74.0 Å². The number of hydrogen-bond donors (Lipinski definition) is 3. The first-order valence-electron chi connectivity index (χ1n) is 7.93. The zero-order valence-electron chi connectivity index (χ0n) is 13.0. The third-order valence-corrected chi connectivity index (χ3v) is 5.76. The number of sulfonamides is 1. The second-order valence-corrected chi connectivity index (χ2v) is 7.71. The molecular weight excluding hydrogens is 286 g/mol. The summed E-state index contributed by atoms with van der Waals surface area (Å²) in [6.07, 6.45) is 7.33. The molecule has 21 heavy (non-hydrogen) atoms. The quantitative estimate of drug-likeness (QED) is 0.645. The second-order valence-electron chi connectivity index (χ2n) is 5.99. The van der Waals surface area contributed by atoms with Crippen molar-refractivity contribution < 1.29 is 8.42 Å². The van der Waals surface area contributed by atoms with Crippen LogP contribution in [0.5, 0.6) is 0 Å². The predicted octanol–water partition coefficient (Wildman–Crippen LogP) is 2.37. The molecule has 1 heterocycles. The Morgan fingerprint density at radius 2 is 2.10 bits per heavy atom. The van der Waals surface area contributed by atoms with Gasteiger partial charge >= 0.3 is 0 Å². The molecule has 2 rings (SSSR count). The molecule has 1 fully saturated rings. The van der Waals surface area contributed by atoms with Gasteiger partial charge in [0.05, 0.1) is 4.90 Å². The summed E-state index contributed by atoms with van der Waals surface area (Å²) >= 11 is 0. The molecule has 1 aliphatic carbocycles. The summed E-state index contributed by atoms with van der Waals surface area (Å²) in [4.78, 5) is 3.37. The normalized spacial score (nSPS) is 18.2. The van der Waals surface area contributed by atoms with Gasteiger partial charge in [0.25, 0.3) is 0 Å². The zero-order valence-corrected chi connectivity index (χ0v) is 13.8. The van der Waals surface area contributed by atoms with Crippen molar-refractivity contribution in [1.82, 2.24) is 15.0 Å². The van der Waals surface area contributed by atoms with Gasteiger partial charge in [0.2, 0.25) is 10.0 Å². The fourth-order valence-electron chi connectivity index (χ4n) is 2.94. The van der Waals surface area contributed by atoms with Crippen molar-refractivity contribution in [3.63, 3.8) is 0 Å². The van der Waals surface area contributed by atoms with Crippen LogP contribution < -0.4 is 10.0 Å². The van der Waals surface area contributed by atoms with Gasteiger partial charge in [-0.15, -0.1) is 0 Å². The molecule has 120 valence electrons. The van der Waals surface area contributed by atoms with Gasteiger partial charge in [-0.1, -0.05) is 19.8 Å². The van der Waals surface area contributed by atoms with E-state index in [1.54, 1.807) is 12.3 Å². The molecule has 1 unspecified atom stereocenters. The van der Waals surface area contributed by atoms with E-state index in [0.29, 0.717) is 17.4 Å². The molecule has 1 aliphatic rings. The van der Waals surface area contributed by atoms with E-state index < -0.39 is 10.0 Å². The van der Waals surface area contributed by atoms with Crippen LogP contribution in [-0.2, 0) is 16.6 Å². The van der Waals surface area contributed by atoms with Crippen LogP contribution in [0.3, 0.4) is 0 Å². The number of hydrogen-bond acceptors (Lipinski definition) is 3. The van der Waals surface area contributed by atoms with Crippen molar-refractivity contribution in [2.24, 2.45) is 5.92 Å². The smallest absolute Gasteiger partial charge is 0.242 e. The van der Waals surface area contributed by atoms with Crippen LogP contribution in [0.25, 0.3) is 0 Å². The molecule has 6 heteroatoms. The highest BCUT2D eigenvalue weighted by molar-refractivity contribution is 7.89. The van der Waals surface area contributed by atoms with Crippen LogP contribution in [0, 0.1) is 5.92 Å². The SMILES string of the molecule is CCCNCc1cc(S(=O)(=O)NC(C)C2CCCC2)c[nH]1. The van der Waals surface area contributed by atoms with E-state index in [9.17, 15) is 8.42 Å². The monoisotopic (exact) mass is 313 g/mol. The number of aromatic amines is 1. The summed E-state index contributed by atoms with van der Waals surface area (Å²) in [5, 5.41) is 3.26. The molecule has 0 radical (unpaired) electrons. The van der Waals surface area contributed by atoms with Crippen molar-refractivity contribution in [2.45, 2.75) is 63.4 Å². The van der Waals surface area contributed by atoms with E-state index in [1.165, 1.54) is 12.8 Å². The van der Waals surface area contributed by atoms with Crippen LogP contribution in [0.1, 0.15) is 51.6 Å². The number of aromatic nitrogens is 1. The molecule has 1 saturated carbocycles. The maximum atomic E-state index is 12.4. The number of rotatable bonds is 8. The van der Waals surface area contributed by atoms with Crippen LogP contribution in [0.15, 0.2) is 17.2 Å². The summed E-state index contributed by atoms with van der Waals surface area (Å²) in [5.41, 5.74) is 0.900. The highest BCUT2D eigenvalue weighted by Crippen LogP contribution is 2.28. The fourth-order valence-corrected chi connectivity index (χ4v) is 4.27. The Balaban J connectivity index is 1.95. The summed E-state index contributed by atoms with van der Waals surface area (Å²) in [6, 6.07) is 1.72. The minimum Gasteiger partial charge on any atom is -0.363 e. The van der Waals surface area contributed by atoms with Crippen LogP contribution in [0.2, 0.25) is 0 Å². The number of nitrogens with one attached hydrogen (secondary N) is 3. The van der Waals surface area contributed by atoms with Crippen molar-refractivity contribution in [2.75, 3.05) is 6.54 Å². The molecule has 0 spiro atoms. The maximum Gasteiger partial charge on any atom is 0.242 e. The minimum absolute atomic E-state index is 0.00839. The standard InChI is InChI=1S/C15H27N3O2S/c1-3-8-16-10-14-9-15(11-17-14)21(19,20)18-12(2)13-6-4-5-7-13/h9,11-13,16-18H,3-8,10H2,1-2H3. The third kappa shape index (κ3) is 4.56. The van der Waals surface area contributed by atoms with E-state index in [-0.39, 0.29) is 6.04 Å². The van der Waals surface area contributed by atoms with Crippen LogP contribution in [-0.4, -0.2) is 26.0 Å². The van der Waals surface area contributed by atoms with E-state index >= 15 is 0 Å². The molecular formula is C15H27N3O2S. The highest BCUT2D eigenvalue weighted by Gasteiger charge is 2.26. The van der Waals surface area contributed by atoms with Gasteiger partial charge in [0, 0.05) is 24.5 Å². The summed E-state index contributed by atoms with van der Waals surface area (Å²) in [5.74, 6) is 0.476. The van der Waals surface area contributed by atoms with E-state index in [2.05, 4.69) is 21.9 Å².